The van der Waals surface area contributed by atoms with Gasteiger partial charge in [0.1, 0.15) is 0 Å². The lowest BCUT2D eigenvalue weighted by molar-refractivity contribution is 0.194. The highest BCUT2D eigenvalue weighted by atomic mass is 35.5. The van der Waals surface area contributed by atoms with Crippen molar-refractivity contribution in [1.29, 1.82) is 0 Å². The average Bonchev–Trinajstić information content (AvgIpc) is 2.85. The van der Waals surface area contributed by atoms with Crippen LogP contribution >= 0.6 is 11.6 Å². The Hall–Kier alpha value is -2.60. The number of allylic oxidation sites excluding steroid dienone is 1. The number of aromatic nitrogens is 2. The molecule has 0 spiro atoms. The van der Waals surface area contributed by atoms with Gasteiger partial charge in [-0.05, 0) is 36.6 Å². The lowest BCUT2D eigenvalue weighted by atomic mass is 10.0. The summed E-state index contributed by atoms with van der Waals surface area (Å²) in [5, 5.41) is 7.49. The van der Waals surface area contributed by atoms with Crippen molar-refractivity contribution in [3.63, 3.8) is 0 Å². The molecule has 0 bridgehead atoms. The van der Waals surface area contributed by atoms with Crippen LogP contribution in [0.2, 0.25) is 5.02 Å². The Kier molecular flexibility index (Phi) is 5.19. The number of carbonyl (C=O) groups excluding carboxylic acids is 1. The van der Waals surface area contributed by atoms with E-state index in [0.717, 1.165) is 18.4 Å². The first-order valence-electron chi connectivity index (χ1n) is 8.07. The van der Waals surface area contributed by atoms with Crippen molar-refractivity contribution >= 4 is 23.4 Å². The SMILES string of the molecule is Cn1nc(NC(=O)N2CC=CCCC2c2ccc(Cl)cc2)ccc1=O. The van der Waals surface area contributed by atoms with Gasteiger partial charge in [-0.25, -0.2) is 9.48 Å². The van der Waals surface area contributed by atoms with Crippen LogP contribution in [0, 0.1) is 0 Å². The van der Waals surface area contributed by atoms with Gasteiger partial charge < -0.3 is 4.90 Å². The number of aryl methyl sites for hydroxylation is 1. The summed E-state index contributed by atoms with van der Waals surface area (Å²) in [6, 6.07) is 10.1. The van der Waals surface area contributed by atoms with Crippen molar-refractivity contribution in [1.82, 2.24) is 14.7 Å². The van der Waals surface area contributed by atoms with Crippen LogP contribution in [-0.2, 0) is 7.05 Å². The zero-order valence-corrected chi connectivity index (χ0v) is 14.6. The number of nitrogens with zero attached hydrogens (tertiary/aromatic N) is 3. The topological polar surface area (TPSA) is 67.2 Å². The molecule has 0 saturated carbocycles. The molecule has 7 heteroatoms. The largest absolute Gasteiger partial charge is 0.323 e. The standard InChI is InChI=1S/C18H19ClN4O2/c1-22-17(24)11-10-16(21-22)20-18(25)23-12-4-2-3-5-15(23)13-6-8-14(19)9-7-13/h2,4,6-11,15H,3,5,12H2,1H3,(H,20,21,25). The Labute approximate surface area is 150 Å². The Balaban J connectivity index is 1.83. The van der Waals surface area contributed by atoms with Gasteiger partial charge in [0.05, 0.1) is 6.04 Å². The minimum Gasteiger partial charge on any atom is -0.314 e. The van der Waals surface area contributed by atoms with E-state index in [1.165, 1.54) is 16.8 Å². The number of hydrogen-bond acceptors (Lipinski definition) is 3. The fourth-order valence-electron chi connectivity index (χ4n) is 2.85. The van der Waals surface area contributed by atoms with Crippen LogP contribution in [-0.4, -0.2) is 27.3 Å². The second-order valence-corrected chi connectivity index (χ2v) is 6.32. The van der Waals surface area contributed by atoms with Gasteiger partial charge in [-0.15, -0.1) is 0 Å². The van der Waals surface area contributed by atoms with Gasteiger partial charge in [0.25, 0.3) is 5.56 Å². The lowest BCUT2D eigenvalue weighted by Gasteiger charge is -2.30. The molecule has 6 nitrogen and oxygen atoms in total. The molecule has 1 atom stereocenters. The highest BCUT2D eigenvalue weighted by Gasteiger charge is 2.25. The lowest BCUT2D eigenvalue weighted by Crippen LogP contribution is -2.38. The van der Waals surface area contributed by atoms with Crippen LogP contribution in [0.1, 0.15) is 24.4 Å². The number of halogens is 1. The number of rotatable bonds is 2. The van der Waals surface area contributed by atoms with Crippen molar-refractivity contribution in [3.8, 4) is 0 Å². The second-order valence-electron chi connectivity index (χ2n) is 5.88. The van der Waals surface area contributed by atoms with Gasteiger partial charge in [0, 0.05) is 24.7 Å². The Morgan fingerprint density at radius 1 is 1.20 bits per heavy atom. The number of benzene rings is 1. The fourth-order valence-corrected chi connectivity index (χ4v) is 2.98. The molecule has 2 heterocycles. The third kappa shape index (κ3) is 4.09. The number of anilines is 1. The van der Waals surface area contributed by atoms with E-state index < -0.39 is 0 Å². The van der Waals surface area contributed by atoms with Crippen LogP contribution in [0.25, 0.3) is 0 Å². The molecule has 1 aliphatic rings. The molecule has 3 rings (SSSR count). The molecule has 1 aromatic heterocycles. The van der Waals surface area contributed by atoms with E-state index in [1.54, 1.807) is 11.9 Å². The molecule has 1 aliphatic heterocycles. The maximum atomic E-state index is 12.8. The molecule has 2 amide bonds. The average molecular weight is 359 g/mol. The predicted octanol–water partition coefficient (Wildman–Crippen LogP) is 3.36. The van der Waals surface area contributed by atoms with Crippen molar-refractivity contribution in [2.45, 2.75) is 18.9 Å². The number of nitrogens with one attached hydrogen (secondary N) is 1. The van der Waals surface area contributed by atoms with E-state index in [2.05, 4.69) is 16.5 Å². The Morgan fingerprint density at radius 3 is 2.68 bits per heavy atom. The van der Waals surface area contributed by atoms with Crippen LogP contribution in [0.15, 0.2) is 53.3 Å². The third-order valence-electron chi connectivity index (χ3n) is 4.16. The Bertz CT molecular complexity index is 845. The maximum absolute atomic E-state index is 12.8. The van der Waals surface area contributed by atoms with Gasteiger partial charge in [0.2, 0.25) is 0 Å². The summed E-state index contributed by atoms with van der Waals surface area (Å²) in [5.41, 5.74) is 0.811. The van der Waals surface area contributed by atoms with Gasteiger partial charge in [-0.2, -0.15) is 5.10 Å². The first-order valence-corrected chi connectivity index (χ1v) is 8.45. The maximum Gasteiger partial charge on any atom is 0.323 e. The monoisotopic (exact) mass is 358 g/mol. The highest BCUT2D eigenvalue weighted by Crippen LogP contribution is 2.29. The van der Waals surface area contributed by atoms with E-state index in [4.69, 9.17) is 11.6 Å². The van der Waals surface area contributed by atoms with Gasteiger partial charge in [0.15, 0.2) is 5.82 Å². The van der Waals surface area contributed by atoms with E-state index in [9.17, 15) is 9.59 Å². The van der Waals surface area contributed by atoms with Crippen molar-refractivity contribution in [2.75, 3.05) is 11.9 Å². The molecule has 0 aliphatic carbocycles. The van der Waals surface area contributed by atoms with Crippen molar-refractivity contribution in [2.24, 2.45) is 7.05 Å². The van der Waals surface area contributed by atoms with Crippen LogP contribution in [0.5, 0.6) is 0 Å². The molecule has 1 unspecified atom stereocenters. The molecular formula is C18H19ClN4O2. The van der Waals surface area contributed by atoms with Crippen LogP contribution in [0.4, 0.5) is 10.6 Å². The van der Waals surface area contributed by atoms with Gasteiger partial charge in [-0.3, -0.25) is 10.1 Å². The summed E-state index contributed by atoms with van der Waals surface area (Å²) >= 11 is 5.98. The molecule has 1 aromatic carbocycles. The minimum atomic E-state index is -0.252. The number of carbonyl (C=O) groups is 1. The third-order valence-corrected chi connectivity index (χ3v) is 4.41. The molecule has 0 radical (unpaired) electrons. The normalized spacial score (nSPS) is 17.2. The molecular weight excluding hydrogens is 340 g/mol. The minimum absolute atomic E-state index is 0.0557. The molecule has 2 aromatic rings. The number of amides is 2. The second kappa shape index (κ2) is 7.53. The van der Waals surface area contributed by atoms with E-state index in [-0.39, 0.29) is 17.6 Å². The van der Waals surface area contributed by atoms with Gasteiger partial charge in [-0.1, -0.05) is 35.9 Å². The Morgan fingerprint density at radius 2 is 1.96 bits per heavy atom. The highest BCUT2D eigenvalue weighted by molar-refractivity contribution is 6.30. The zero-order chi connectivity index (χ0) is 17.8. The van der Waals surface area contributed by atoms with E-state index in [0.29, 0.717) is 17.4 Å². The quantitative estimate of drug-likeness (QED) is 0.837. The van der Waals surface area contributed by atoms with Crippen LogP contribution < -0.4 is 10.9 Å². The van der Waals surface area contributed by atoms with E-state index >= 15 is 0 Å². The molecule has 130 valence electrons. The van der Waals surface area contributed by atoms with Crippen LogP contribution in [0.3, 0.4) is 0 Å². The summed E-state index contributed by atoms with van der Waals surface area (Å²) < 4.78 is 1.19. The summed E-state index contributed by atoms with van der Waals surface area (Å²) in [4.78, 5) is 26.0. The molecule has 25 heavy (non-hydrogen) atoms. The molecule has 0 saturated heterocycles. The zero-order valence-electron chi connectivity index (χ0n) is 13.9. The fraction of sp³-hybridized carbons (Fsp3) is 0.278. The van der Waals surface area contributed by atoms with Crippen molar-refractivity contribution < 1.29 is 4.79 Å². The first kappa shape index (κ1) is 17.2. The summed E-state index contributed by atoms with van der Waals surface area (Å²) in [6.07, 6.45) is 5.80. The first-order chi connectivity index (χ1) is 12.0. The van der Waals surface area contributed by atoms with Gasteiger partial charge >= 0.3 is 6.03 Å². The summed E-state index contributed by atoms with van der Waals surface area (Å²) in [7, 11) is 1.54. The number of hydrogen-bond donors (Lipinski definition) is 1. The predicted molar refractivity (Wildman–Crippen MR) is 97.8 cm³/mol. The summed E-state index contributed by atoms with van der Waals surface area (Å²) in [5.74, 6) is 0.343. The molecule has 0 fully saturated rings. The van der Waals surface area contributed by atoms with Crippen molar-refractivity contribution in [3.05, 3.63) is 69.5 Å². The molecule has 1 N–H and O–H groups in total. The van der Waals surface area contributed by atoms with E-state index in [1.807, 2.05) is 30.3 Å². The number of urea groups is 1. The smallest absolute Gasteiger partial charge is 0.314 e. The summed E-state index contributed by atoms with van der Waals surface area (Å²) in [6.45, 7) is 0.505.